The highest BCUT2D eigenvalue weighted by Gasteiger charge is 2.37. The van der Waals surface area contributed by atoms with Crippen molar-refractivity contribution in [3.8, 4) is 0 Å². The molecule has 0 radical (unpaired) electrons. The van der Waals surface area contributed by atoms with E-state index in [0.29, 0.717) is 5.56 Å². The summed E-state index contributed by atoms with van der Waals surface area (Å²) in [4.78, 5) is 19.5. The fraction of sp³-hybridized carbons (Fsp3) is 0.286. The molecule has 0 spiro atoms. The molecule has 2 atom stereocenters. The van der Waals surface area contributed by atoms with Gasteiger partial charge < -0.3 is 5.32 Å². The Labute approximate surface area is 168 Å². The van der Waals surface area contributed by atoms with Gasteiger partial charge in [0.1, 0.15) is 5.82 Å². The number of likely N-dealkylation sites (tertiary alicyclic amines) is 1. The summed E-state index contributed by atoms with van der Waals surface area (Å²) in [5.74, 6) is 1.46. The number of aromatic amines is 1. The van der Waals surface area contributed by atoms with Crippen LogP contribution < -0.4 is 5.32 Å². The van der Waals surface area contributed by atoms with E-state index in [9.17, 15) is 4.79 Å². The fourth-order valence-corrected chi connectivity index (χ4v) is 3.90. The first kappa shape index (κ1) is 18.7. The Morgan fingerprint density at radius 2 is 2.04 bits per heavy atom. The molecule has 0 aliphatic carbocycles. The minimum Gasteiger partial charge on any atom is -0.347 e. The van der Waals surface area contributed by atoms with Crippen LogP contribution in [0.4, 0.5) is 0 Å². The van der Waals surface area contributed by atoms with Crippen molar-refractivity contribution in [3.63, 3.8) is 0 Å². The van der Waals surface area contributed by atoms with Crippen LogP contribution in [0.2, 0.25) is 5.02 Å². The largest absolute Gasteiger partial charge is 0.347 e. The summed E-state index contributed by atoms with van der Waals surface area (Å²) < 4.78 is 0. The molecule has 144 valence electrons. The quantitative estimate of drug-likeness (QED) is 0.696. The standard InChI is InChI=1S/C21H22ClN5O/c1-14-23-20(26-25-14)18-12-27(11-15-6-5-9-17(22)10-15)13-19(18)24-21(28)16-7-3-2-4-8-16/h2-10,18-19H,11-13H2,1H3,(H,24,28)(H,23,25,26)/t18-,19-/m1/s1. The highest BCUT2D eigenvalue weighted by molar-refractivity contribution is 6.30. The van der Waals surface area contributed by atoms with Crippen molar-refractivity contribution in [2.75, 3.05) is 13.1 Å². The molecule has 0 saturated carbocycles. The lowest BCUT2D eigenvalue weighted by molar-refractivity contribution is 0.0934. The second kappa shape index (κ2) is 8.12. The molecule has 7 heteroatoms. The number of amides is 1. The first-order valence-corrected chi connectivity index (χ1v) is 9.68. The maximum absolute atomic E-state index is 12.7. The van der Waals surface area contributed by atoms with Crippen LogP contribution in [0.25, 0.3) is 0 Å². The second-order valence-corrected chi connectivity index (χ2v) is 7.59. The van der Waals surface area contributed by atoms with Crippen molar-refractivity contribution in [2.24, 2.45) is 0 Å². The summed E-state index contributed by atoms with van der Waals surface area (Å²) >= 11 is 6.12. The van der Waals surface area contributed by atoms with E-state index >= 15 is 0 Å². The average Bonchev–Trinajstić information content (AvgIpc) is 3.28. The topological polar surface area (TPSA) is 73.9 Å². The summed E-state index contributed by atoms with van der Waals surface area (Å²) in [7, 11) is 0. The molecule has 4 rings (SSSR count). The lowest BCUT2D eigenvalue weighted by Crippen LogP contribution is -2.40. The Morgan fingerprint density at radius 3 is 2.75 bits per heavy atom. The first-order valence-electron chi connectivity index (χ1n) is 9.30. The normalized spacial score (nSPS) is 19.6. The first-order chi connectivity index (χ1) is 13.6. The molecular formula is C21H22ClN5O. The van der Waals surface area contributed by atoms with E-state index in [0.717, 1.165) is 41.9 Å². The van der Waals surface area contributed by atoms with Crippen LogP contribution in [0.3, 0.4) is 0 Å². The van der Waals surface area contributed by atoms with Gasteiger partial charge in [0.2, 0.25) is 0 Å². The molecule has 2 N–H and O–H groups in total. The van der Waals surface area contributed by atoms with Crippen molar-refractivity contribution >= 4 is 17.5 Å². The van der Waals surface area contributed by atoms with Gasteiger partial charge in [-0.2, -0.15) is 5.10 Å². The summed E-state index contributed by atoms with van der Waals surface area (Å²) in [5.41, 5.74) is 1.80. The monoisotopic (exact) mass is 395 g/mol. The Kier molecular flexibility index (Phi) is 5.41. The molecule has 1 saturated heterocycles. The van der Waals surface area contributed by atoms with E-state index in [1.54, 1.807) is 0 Å². The zero-order valence-electron chi connectivity index (χ0n) is 15.6. The van der Waals surface area contributed by atoms with E-state index in [4.69, 9.17) is 11.6 Å². The molecule has 28 heavy (non-hydrogen) atoms. The maximum Gasteiger partial charge on any atom is 0.251 e. The smallest absolute Gasteiger partial charge is 0.251 e. The van der Waals surface area contributed by atoms with Crippen molar-refractivity contribution in [3.05, 3.63) is 82.4 Å². The number of rotatable bonds is 5. The third kappa shape index (κ3) is 4.24. The van der Waals surface area contributed by atoms with Gasteiger partial charge in [-0.3, -0.25) is 14.8 Å². The van der Waals surface area contributed by atoms with Crippen LogP contribution in [0.15, 0.2) is 54.6 Å². The van der Waals surface area contributed by atoms with Crippen molar-refractivity contribution in [1.29, 1.82) is 0 Å². The third-order valence-corrected chi connectivity index (χ3v) is 5.22. The predicted octanol–water partition coefficient (Wildman–Crippen LogP) is 3.16. The SMILES string of the molecule is Cc1nc([C@@H]2CN(Cc3cccc(Cl)c3)C[C@H]2NC(=O)c2ccccc2)n[nH]1. The van der Waals surface area contributed by atoms with Crippen molar-refractivity contribution < 1.29 is 4.79 Å². The Hall–Kier alpha value is -2.70. The lowest BCUT2D eigenvalue weighted by atomic mass is 10.0. The van der Waals surface area contributed by atoms with Crippen LogP contribution in [0.1, 0.15) is 33.5 Å². The average molecular weight is 396 g/mol. The van der Waals surface area contributed by atoms with Gasteiger partial charge >= 0.3 is 0 Å². The molecule has 3 aromatic rings. The van der Waals surface area contributed by atoms with E-state index in [1.807, 2.05) is 55.5 Å². The number of carbonyl (C=O) groups is 1. The van der Waals surface area contributed by atoms with Crippen LogP contribution in [0, 0.1) is 6.92 Å². The predicted molar refractivity (Wildman–Crippen MR) is 108 cm³/mol. The van der Waals surface area contributed by atoms with Gasteiger partial charge in [0.25, 0.3) is 5.91 Å². The molecular weight excluding hydrogens is 374 g/mol. The second-order valence-electron chi connectivity index (χ2n) is 7.16. The molecule has 2 heterocycles. The molecule has 0 unspecified atom stereocenters. The van der Waals surface area contributed by atoms with E-state index in [2.05, 4.69) is 31.5 Å². The number of nitrogens with zero attached hydrogens (tertiary/aromatic N) is 3. The number of H-pyrrole nitrogens is 1. The fourth-order valence-electron chi connectivity index (χ4n) is 3.68. The van der Waals surface area contributed by atoms with Crippen LogP contribution in [0.5, 0.6) is 0 Å². The number of aryl methyl sites for hydroxylation is 1. The van der Waals surface area contributed by atoms with E-state index < -0.39 is 0 Å². The Morgan fingerprint density at radius 1 is 1.21 bits per heavy atom. The highest BCUT2D eigenvalue weighted by atomic mass is 35.5. The molecule has 1 aromatic heterocycles. The number of aromatic nitrogens is 3. The molecule has 1 aliphatic heterocycles. The van der Waals surface area contributed by atoms with Crippen LogP contribution in [-0.4, -0.2) is 45.1 Å². The van der Waals surface area contributed by atoms with Gasteiger partial charge in [-0.15, -0.1) is 0 Å². The molecule has 2 aromatic carbocycles. The van der Waals surface area contributed by atoms with Gasteiger partial charge in [-0.25, -0.2) is 4.98 Å². The number of carbonyl (C=O) groups excluding carboxylic acids is 1. The third-order valence-electron chi connectivity index (χ3n) is 4.99. The van der Waals surface area contributed by atoms with Crippen LogP contribution >= 0.6 is 11.6 Å². The summed E-state index contributed by atoms with van der Waals surface area (Å²) in [6, 6.07) is 17.1. The van der Waals surface area contributed by atoms with Gasteiger partial charge in [0.05, 0.1) is 12.0 Å². The van der Waals surface area contributed by atoms with Crippen LogP contribution in [-0.2, 0) is 6.54 Å². The minimum atomic E-state index is -0.0764. The minimum absolute atomic E-state index is 0.0248. The summed E-state index contributed by atoms with van der Waals surface area (Å²) in [5, 5.41) is 11.2. The van der Waals surface area contributed by atoms with E-state index in [1.165, 1.54) is 0 Å². The summed E-state index contributed by atoms with van der Waals surface area (Å²) in [6.07, 6.45) is 0. The van der Waals surface area contributed by atoms with E-state index in [-0.39, 0.29) is 17.9 Å². The molecule has 6 nitrogen and oxygen atoms in total. The number of halogens is 1. The van der Waals surface area contributed by atoms with Gasteiger partial charge in [-0.05, 0) is 36.8 Å². The van der Waals surface area contributed by atoms with Gasteiger partial charge in [-0.1, -0.05) is 41.9 Å². The summed E-state index contributed by atoms with van der Waals surface area (Å²) in [6.45, 7) is 4.14. The Balaban J connectivity index is 1.52. The molecule has 1 aliphatic rings. The number of nitrogens with one attached hydrogen (secondary N) is 2. The number of hydrogen-bond acceptors (Lipinski definition) is 4. The number of benzene rings is 2. The zero-order valence-corrected chi connectivity index (χ0v) is 16.4. The van der Waals surface area contributed by atoms with Gasteiger partial charge in [0.15, 0.2) is 5.82 Å². The Bertz CT molecular complexity index is 958. The van der Waals surface area contributed by atoms with Crippen molar-refractivity contribution in [1.82, 2.24) is 25.4 Å². The van der Waals surface area contributed by atoms with Crippen molar-refractivity contribution in [2.45, 2.75) is 25.4 Å². The lowest BCUT2D eigenvalue weighted by Gasteiger charge is -2.18. The number of hydrogen-bond donors (Lipinski definition) is 2. The highest BCUT2D eigenvalue weighted by Crippen LogP contribution is 2.27. The zero-order chi connectivity index (χ0) is 19.5. The molecule has 0 bridgehead atoms. The molecule has 1 amide bonds. The molecule has 1 fully saturated rings. The maximum atomic E-state index is 12.7. The van der Waals surface area contributed by atoms with Gasteiger partial charge in [0, 0.05) is 30.2 Å².